The van der Waals surface area contributed by atoms with E-state index in [1.165, 1.54) is 5.69 Å². The number of anilines is 1. The van der Waals surface area contributed by atoms with Gasteiger partial charge >= 0.3 is 0 Å². The van der Waals surface area contributed by atoms with E-state index in [-0.39, 0.29) is 11.3 Å². The third-order valence-electron chi connectivity index (χ3n) is 6.19. The van der Waals surface area contributed by atoms with Gasteiger partial charge < -0.3 is 15.3 Å². The van der Waals surface area contributed by atoms with E-state index in [0.29, 0.717) is 11.8 Å². The molecule has 0 aliphatic carbocycles. The Morgan fingerprint density at radius 2 is 1.76 bits per heavy atom. The van der Waals surface area contributed by atoms with E-state index in [9.17, 15) is 9.90 Å². The molecular weight excluding hydrogens is 314 g/mol. The smallest absolute Gasteiger partial charge is 0.226 e. The minimum atomic E-state index is -0.123. The molecule has 0 bridgehead atoms. The number of phenols is 1. The zero-order valence-electron chi connectivity index (χ0n) is 15.5. The Morgan fingerprint density at radius 1 is 1.12 bits per heavy atom. The molecule has 5 heteroatoms. The number of benzene rings is 1. The molecule has 0 saturated carbocycles. The maximum atomic E-state index is 12.3. The maximum Gasteiger partial charge on any atom is 0.226 e. The number of nitrogens with zero attached hydrogens (tertiary/aromatic N) is 2. The summed E-state index contributed by atoms with van der Waals surface area (Å²) in [5, 5.41) is 12.6. The van der Waals surface area contributed by atoms with Crippen LogP contribution in [0.25, 0.3) is 0 Å². The summed E-state index contributed by atoms with van der Waals surface area (Å²) in [5.41, 5.74) is 1.05. The quantitative estimate of drug-likeness (QED) is 0.832. The number of aromatic hydroxyl groups is 1. The first kappa shape index (κ1) is 18.1. The van der Waals surface area contributed by atoms with E-state index in [2.05, 4.69) is 29.0 Å². The first-order chi connectivity index (χ1) is 12.1. The standard InChI is InChI=1S/C20H31N3O2/c1-3-20(4-2)15-16(21-19(20)25)9-10-22-11-13-23(14-12-22)17-5-7-18(24)8-6-17/h5-8,16,24H,3-4,9-15H2,1-2H3,(H,21,25). The fourth-order valence-corrected chi connectivity index (χ4v) is 4.22. The van der Waals surface area contributed by atoms with Crippen molar-refractivity contribution >= 4 is 11.6 Å². The van der Waals surface area contributed by atoms with Gasteiger partial charge in [-0.3, -0.25) is 9.69 Å². The van der Waals surface area contributed by atoms with Gasteiger partial charge in [0.1, 0.15) is 5.75 Å². The average Bonchev–Trinajstić information content (AvgIpc) is 2.97. The molecule has 138 valence electrons. The minimum absolute atomic E-state index is 0.123. The zero-order chi connectivity index (χ0) is 17.9. The lowest BCUT2D eigenvalue weighted by atomic mass is 9.79. The molecule has 3 rings (SSSR count). The van der Waals surface area contributed by atoms with Gasteiger partial charge in [-0.2, -0.15) is 0 Å². The normalized spacial score (nSPS) is 23.7. The lowest BCUT2D eigenvalue weighted by Crippen LogP contribution is -2.47. The summed E-state index contributed by atoms with van der Waals surface area (Å²) in [7, 11) is 0. The highest BCUT2D eigenvalue weighted by atomic mass is 16.3. The number of nitrogens with one attached hydrogen (secondary N) is 1. The van der Waals surface area contributed by atoms with E-state index >= 15 is 0 Å². The van der Waals surface area contributed by atoms with E-state index in [0.717, 1.165) is 58.4 Å². The Labute approximate surface area is 151 Å². The van der Waals surface area contributed by atoms with Crippen LogP contribution in [-0.2, 0) is 4.79 Å². The third-order valence-corrected chi connectivity index (χ3v) is 6.19. The minimum Gasteiger partial charge on any atom is -0.508 e. The van der Waals surface area contributed by atoms with Crippen molar-refractivity contribution in [1.29, 1.82) is 0 Å². The molecule has 1 atom stereocenters. The summed E-state index contributed by atoms with van der Waals surface area (Å²) in [5.74, 6) is 0.580. The number of hydrogen-bond donors (Lipinski definition) is 2. The number of rotatable bonds is 6. The van der Waals surface area contributed by atoms with Crippen molar-refractivity contribution in [2.24, 2.45) is 5.41 Å². The van der Waals surface area contributed by atoms with Gasteiger partial charge in [-0.25, -0.2) is 0 Å². The largest absolute Gasteiger partial charge is 0.508 e. The summed E-state index contributed by atoms with van der Waals surface area (Å²) in [6, 6.07) is 7.79. The Kier molecular flexibility index (Phi) is 5.52. The highest BCUT2D eigenvalue weighted by Gasteiger charge is 2.43. The molecule has 1 aromatic carbocycles. The lowest BCUT2D eigenvalue weighted by Gasteiger charge is -2.36. The van der Waals surface area contributed by atoms with Crippen LogP contribution in [0.3, 0.4) is 0 Å². The van der Waals surface area contributed by atoms with Crippen LogP contribution < -0.4 is 10.2 Å². The molecule has 2 N–H and O–H groups in total. The molecular formula is C20H31N3O2. The molecule has 0 aromatic heterocycles. The van der Waals surface area contributed by atoms with Crippen LogP contribution in [0.5, 0.6) is 5.75 Å². The fraction of sp³-hybridized carbons (Fsp3) is 0.650. The van der Waals surface area contributed by atoms with Crippen LogP contribution in [0.1, 0.15) is 39.5 Å². The van der Waals surface area contributed by atoms with Gasteiger partial charge in [0.2, 0.25) is 5.91 Å². The van der Waals surface area contributed by atoms with Crippen molar-refractivity contribution in [1.82, 2.24) is 10.2 Å². The molecule has 1 amide bonds. The molecule has 2 saturated heterocycles. The van der Waals surface area contributed by atoms with Gasteiger partial charge in [0.25, 0.3) is 0 Å². The molecule has 1 unspecified atom stereocenters. The number of amides is 1. The van der Waals surface area contributed by atoms with Crippen molar-refractivity contribution in [3.05, 3.63) is 24.3 Å². The monoisotopic (exact) mass is 345 g/mol. The second-order valence-corrected chi connectivity index (χ2v) is 7.50. The number of carbonyl (C=O) groups excluding carboxylic acids is 1. The second-order valence-electron chi connectivity index (χ2n) is 7.50. The predicted octanol–water partition coefficient (Wildman–Crippen LogP) is 2.60. The number of piperazine rings is 1. The first-order valence-electron chi connectivity index (χ1n) is 9.63. The molecule has 2 aliphatic heterocycles. The van der Waals surface area contributed by atoms with Crippen LogP contribution in [0.2, 0.25) is 0 Å². The van der Waals surface area contributed by atoms with Crippen molar-refractivity contribution in [3.8, 4) is 5.75 Å². The van der Waals surface area contributed by atoms with Gasteiger partial charge in [-0.15, -0.1) is 0 Å². The predicted molar refractivity (Wildman–Crippen MR) is 101 cm³/mol. The summed E-state index contributed by atoms with van der Waals surface area (Å²) < 4.78 is 0. The summed E-state index contributed by atoms with van der Waals surface area (Å²) >= 11 is 0. The van der Waals surface area contributed by atoms with Crippen molar-refractivity contribution in [3.63, 3.8) is 0 Å². The van der Waals surface area contributed by atoms with Crippen molar-refractivity contribution in [2.75, 3.05) is 37.6 Å². The molecule has 1 aromatic rings. The molecule has 2 aliphatic rings. The number of carbonyl (C=O) groups is 1. The van der Waals surface area contributed by atoms with E-state index in [1.54, 1.807) is 12.1 Å². The topological polar surface area (TPSA) is 55.8 Å². The number of phenolic OH excluding ortho intramolecular Hbond substituents is 1. The van der Waals surface area contributed by atoms with Crippen molar-refractivity contribution < 1.29 is 9.90 Å². The van der Waals surface area contributed by atoms with Crippen LogP contribution >= 0.6 is 0 Å². The van der Waals surface area contributed by atoms with Gasteiger partial charge in [0, 0.05) is 44.5 Å². The Hall–Kier alpha value is -1.75. The fourth-order valence-electron chi connectivity index (χ4n) is 4.22. The van der Waals surface area contributed by atoms with Gasteiger partial charge in [-0.1, -0.05) is 13.8 Å². The van der Waals surface area contributed by atoms with E-state index in [1.807, 2.05) is 12.1 Å². The van der Waals surface area contributed by atoms with Gasteiger partial charge in [-0.05, 0) is 49.9 Å². The molecule has 2 heterocycles. The molecule has 2 fully saturated rings. The van der Waals surface area contributed by atoms with Crippen LogP contribution in [0, 0.1) is 5.41 Å². The highest BCUT2D eigenvalue weighted by molar-refractivity contribution is 5.85. The molecule has 25 heavy (non-hydrogen) atoms. The van der Waals surface area contributed by atoms with Gasteiger partial charge in [0.15, 0.2) is 0 Å². The molecule has 0 radical (unpaired) electrons. The summed E-state index contributed by atoms with van der Waals surface area (Å²) in [4.78, 5) is 17.2. The van der Waals surface area contributed by atoms with E-state index < -0.39 is 0 Å². The van der Waals surface area contributed by atoms with Crippen LogP contribution in [0.4, 0.5) is 5.69 Å². The highest BCUT2D eigenvalue weighted by Crippen LogP contribution is 2.37. The Bertz CT molecular complexity index is 575. The van der Waals surface area contributed by atoms with Crippen molar-refractivity contribution in [2.45, 2.75) is 45.6 Å². The SMILES string of the molecule is CCC1(CC)CC(CCN2CCN(c3ccc(O)cc3)CC2)NC1=O. The molecule has 0 spiro atoms. The number of hydrogen-bond acceptors (Lipinski definition) is 4. The summed E-state index contributed by atoms with van der Waals surface area (Å²) in [6.45, 7) is 9.44. The first-order valence-corrected chi connectivity index (χ1v) is 9.63. The Morgan fingerprint density at radius 3 is 2.32 bits per heavy atom. The Balaban J connectivity index is 1.44. The third kappa shape index (κ3) is 3.92. The van der Waals surface area contributed by atoms with Crippen LogP contribution in [0.15, 0.2) is 24.3 Å². The second kappa shape index (κ2) is 7.65. The lowest BCUT2D eigenvalue weighted by molar-refractivity contribution is -0.128. The molecule has 5 nitrogen and oxygen atoms in total. The average molecular weight is 345 g/mol. The summed E-state index contributed by atoms with van der Waals surface area (Å²) in [6.07, 6.45) is 3.92. The van der Waals surface area contributed by atoms with E-state index in [4.69, 9.17) is 0 Å². The van der Waals surface area contributed by atoms with Gasteiger partial charge in [0.05, 0.1) is 5.41 Å². The zero-order valence-corrected chi connectivity index (χ0v) is 15.5. The van der Waals surface area contributed by atoms with Crippen LogP contribution in [-0.4, -0.2) is 54.7 Å². The maximum absolute atomic E-state index is 12.3.